The van der Waals surface area contributed by atoms with Gasteiger partial charge in [0, 0.05) is 68.5 Å². The van der Waals surface area contributed by atoms with Gasteiger partial charge in [0.25, 0.3) is 0 Å². The van der Waals surface area contributed by atoms with Crippen molar-refractivity contribution in [3.8, 4) is 17.3 Å². The number of quaternary nitrogens is 2. The van der Waals surface area contributed by atoms with E-state index in [-0.39, 0.29) is 26.5 Å². The fourth-order valence-corrected chi connectivity index (χ4v) is 8.85. The molecule has 7 aromatic rings. The van der Waals surface area contributed by atoms with E-state index in [0.717, 1.165) is 33.3 Å². The Morgan fingerprint density at radius 2 is 1.48 bits per heavy atom. The van der Waals surface area contributed by atoms with Gasteiger partial charge in [-0.15, -0.1) is 29.7 Å². The number of hydrogen-bond donors (Lipinski definition) is 0. The molecule has 0 bridgehead atoms. The summed E-state index contributed by atoms with van der Waals surface area (Å²) in [5.41, 5.74) is 9.74. The molecule has 4 heterocycles. The monoisotopic (exact) mass is 860 g/mol. The second kappa shape index (κ2) is 12.3. The summed E-state index contributed by atoms with van der Waals surface area (Å²) in [5, 5.41) is 2.28. The van der Waals surface area contributed by atoms with Crippen LogP contribution in [0.4, 0.5) is 22.7 Å². The molecule has 1 unspecified atom stereocenters. The molecule has 52 heavy (non-hydrogen) atoms. The molecule has 0 spiro atoms. The van der Waals surface area contributed by atoms with Crippen molar-refractivity contribution >= 4 is 44.6 Å². The van der Waals surface area contributed by atoms with Gasteiger partial charge in [-0.1, -0.05) is 94.1 Å². The van der Waals surface area contributed by atoms with Crippen molar-refractivity contribution in [3.63, 3.8) is 0 Å². The number of ether oxygens (including phenoxy) is 1. The van der Waals surface area contributed by atoms with E-state index < -0.39 is 0 Å². The van der Waals surface area contributed by atoms with Gasteiger partial charge in [-0.05, 0) is 58.9 Å². The molecular formula is C46H41N4OPt-. The first-order valence-corrected chi connectivity index (χ1v) is 18.4. The van der Waals surface area contributed by atoms with Gasteiger partial charge in [0.2, 0.25) is 11.4 Å². The Bertz CT molecular complexity index is 2490. The third kappa shape index (κ3) is 4.90. The third-order valence-electron chi connectivity index (χ3n) is 11.5. The predicted octanol–water partition coefficient (Wildman–Crippen LogP) is 12.3. The van der Waals surface area contributed by atoms with Crippen LogP contribution >= 0.6 is 0 Å². The van der Waals surface area contributed by atoms with E-state index >= 15 is 0 Å². The molecule has 5 aromatic carbocycles. The summed E-state index contributed by atoms with van der Waals surface area (Å²) >= 11 is 0. The quantitative estimate of drug-likeness (QED) is 0.0946. The number of rotatable bonds is 6. The topological polar surface area (TPSA) is 27.1 Å². The van der Waals surface area contributed by atoms with Crippen molar-refractivity contribution in [2.24, 2.45) is 0 Å². The number of nitrogens with zero attached hydrogens (tertiary/aromatic N) is 4. The van der Waals surface area contributed by atoms with Crippen molar-refractivity contribution in [3.05, 3.63) is 151 Å². The summed E-state index contributed by atoms with van der Waals surface area (Å²) in [4.78, 5) is 4.84. The summed E-state index contributed by atoms with van der Waals surface area (Å²) in [6.45, 7) is 9.13. The first-order valence-electron chi connectivity index (χ1n) is 18.4. The van der Waals surface area contributed by atoms with E-state index in [0.29, 0.717) is 26.6 Å². The zero-order chi connectivity index (χ0) is 34.4. The maximum atomic E-state index is 6.62. The minimum absolute atomic E-state index is 0. The molecule has 0 N–H and O–H groups in total. The molecule has 3 aliphatic rings. The number of fused-ring (bicyclic) bond motifs is 7. The maximum absolute atomic E-state index is 6.62. The van der Waals surface area contributed by atoms with E-state index in [9.17, 15) is 0 Å². The molecule has 2 atom stereocenters. The van der Waals surface area contributed by atoms with Crippen molar-refractivity contribution < 1.29 is 25.8 Å². The SMILES string of the molecule is CC(C)(C)c1ccnc(-n2c3[c-]c(Oc4[c-]c([N+]56[CH-][N@+]5(c5cccc(C7CCCCC7)c5)c5ccccc56)ccc4)ccc3c3ccccc32)c1.[Pt]. The first kappa shape index (κ1) is 33.3. The van der Waals surface area contributed by atoms with E-state index in [1.165, 1.54) is 60.3 Å². The number of pyridine rings is 1. The zero-order valence-electron chi connectivity index (χ0n) is 29.8. The summed E-state index contributed by atoms with van der Waals surface area (Å²) in [5.74, 6) is 2.85. The van der Waals surface area contributed by atoms with Crippen LogP contribution in [0, 0.1) is 18.8 Å². The third-order valence-corrected chi connectivity index (χ3v) is 11.5. The van der Waals surface area contributed by atoms with Crippen LogP contribution in [0.5, 0.6) is 11.5 Å². The second-order valence-electron chi connectivity index (χ2n) is 15.5. The van der Waals surface area contributed by atoms with E-state index in [1.807, 2.05) is 18.3 Å². The van der Waals surface area contributed by atoms with Crippen molar-refractivity contribution in [2.45, 2.75) is 64.2 Å². The van der Waals surface area contributed by atoms with Crippen molar-refractivity contribution in [1.82, 2.24) is 18.7 Å². The molecule has 6 heteroatoms. The Balaban J connectivity index is 0.00000360. The summed E-state index contributed by atoms with van der Waals surface area (Å²) in [7, 11) is 0. The molecule has 2 aromatic heterocycles. The van der Waals surface area contributed by atoms with Gasteiger partial charge >= 0.3 is 0 Å². The van der Waals surface area contributed by atoms with E-state index in [2.05, 4.69) is 147 Å². The van der Waals surface area contributed by atoms with Crippen LogP contribution in [0.2, 0.25) is 0 Å². The van der Waals surface area contributed by atoms with Crippen LogP contribution in [0.3, 0.4) is 0 Å². The Labute approximate surface area is 320 Å². The second-order valence-corrected chi connectivity index (χ2v) is 15.5. The van der Waals surface area contributed by atoms with Gasteiger partial charge in [-0.2, -0.15) is 16.7 Å². The van der Waals surface area contributed by atoms with Gasteiger partial charge < -0.3 is 9.30 Å². The average molecular weight is 861 g/mol. The molecule has 10 rings (SSSR count). The molecule has 1 aliphatic carbocycles. The van der Waals surface area contributed by atoms with Crippen LogP contribution in [-0.2, 0) is 26.5 Å². The number of benzene rings is 5. The standard InChI is InChI=1S/C46H41N4O.Pt/c1-46(2,3)34-25-26-47-45(28-34)48-41-20-8-7-19-39(41)40-24-23-38(30-42(40)48)51-37-18-12-17-36(29-37)50-31-49(50,43-21-9-10-22-44(43)50)35-16-11-15-33(27-35)32-13-5-4-6-14-32;/h7-12,15-28,31-32H,4-6,13-14H2,1-3H3;/q-1;/t49-,50?;/m0./s1. The van der Waals surface area contributed by atoms with E-state index in [1.54, 1.807) is 0 Å². The van der Waals surface area contributed by atoms with E-state index in [4.69, 9.17) is 9.72 Å². The maximum Gasteiger partial charge on any atom is 0.225 e. The van der Waals surface area contributed by atoms with Crippen LogP contribution in [0.1, 0.15) is 69.9 Å². The minimum atomic E-state index is 0. The average Bonchev–Trinajstić information content (AvgIpc) is 3.66. The molecule has 262 valence electrons. The largest absolute Gasteiger partial charge is 0.509 e. The summed E-state index contributed by atoms with van der Waals surface area (Å²) in [6.07, 6.45) is 8.52. The van der Waals surface area contributed by atoms with Crippen LogP contribution in [-0.4, -0.2) is 9.55 Å². The Kier molecular flexibility index (Phi) is 7.86. The molecule has 2 fully saturated rings. The molecule has 2 aliphatic heterocycles. The molecule has 5 nitrogen and oxygen atoms in total. The Hall–Kier alpha value is -4.54. The molecule has 1 saturated heterocycles. The van der Waals surface area contributed by atoms with Crippen LogP contribution in [0.25, 0.3) is 27.6 Å². The van der Waals surface area contributed by atoms with Gasteiger partial charge in [-0.3, -0.25) is 0 Å². The van der Waals surface area contributed by atoms with Gasteiger partial charge in [-0.25, -0.2) is 9.58 Å². The Morgan fingerprint density at radius 3 is 2.31 bits per heavy atom. The van der Waals surface area contributed by atoms with Gasteiger partial charge in [0.15, 0.2) is 12.4 Å². The fourth-order valence-electron chi connectivity index (χ4n) is 8.85. The van der Waals surface area contributed by atoms with Crippen LogP contribution < -0.4 is 13.9 Å². The fraction of sp³-hybridized carbons (Fsp3) is 0.217. The minimum Gasteiger partial charge on any atom is -0.509 e. The molecule has 1 saturated carbocycles. The number of hydrogen-bond acceptors (Lipinski definition) is 2. The van der Waals surface area contributed by atoms with Gasteiger partial charge in [0.1, 0.15) is 5.82 Å². The smallest absolute Gasteiger partial charge is 0.225 e. The van der Waals surface area contributed by atoms with Crippen molar-refractivity contribution in [1.29, 1.82) is 0 Å². The molecular weight excluding hydrogens is 820 g/mol. The van der Waals surface area contributed by atoms with Gasteiger partial charge in [0.05, 0.1) is 5.69 Å². The predicted molar refractivity (Wildman–Crippen MR) is 207 cm³/mol. The van der Waals surface area contributed by atoms with Crippen LogP contribution in [0.15, 0.2) is 121 Å². The summed E-state index contributed by atoms with van der Waals surface area (Å²) < 4.78 is 10.1. The summed E-state index contributed by atoms with van der Waals surface area (Å²) in [6, 6.07) is 48.8. The Morgan fingerprint density at radius 1 is 0.731 bits per heavy atom. The number of para-hydroxylation sites is 3. The first-order chi connectivity index (χ1) is 24.9. The van der Waals surface area contributed by atoms with Crippen molar-refractivity contribution in [2.75, 3.05) is 0 Å². The molecule has 0 radical (unpaired) electrons. The zero-order valence-corrected chi connectivity index (χ0v) is 32.0. The number of aromatic nitrogens is 2. The normalized spacial score (nSPS) is 20.8. The molecule has 0 amide bonds.